The lowest BCUT2D eigenvalue weighted by Gasteiger charge is -2.28. The molecule has 5 heteroatoms. The lowest BCUT2D eigenvalue weighted by molar-refractivity contribution is -0.149. The molecule has 0 aliphatic heterocycles. The molecule has 96 valence electrons. The molecule has 0 bridgehead atoms. The first-order chi connectivity index (χ1) is 7.87. The van der Waals surface area contributed by atoms with E-state index in [0.717, 1.165) is 11.0 Å². The van der Waals surface area contributed by atoms with Crippen LogP contribution in [0.3, 0.4) is 0 Å². The van der Waals surface area contributed by atoms with E-state index in [2.05, 4.69) is 26.9 Å². The van der Waals surface area contributed by atoms with Crippen LogP contribution in [0.25, 0.3) is 0 Å². The zero-order chi connectivity index (χ0) is 13.1. The molecule has 1 atom stereocenters. The Morgan fingerprint density at radius 3 is 2.71 bits per heavy atom. The molecule has 3 nitrogen and oxygen atoms in total. The predicted molar refractivity (Wildman–Crippen MR) is 74.4 cm³/mol. The summed E-state index contributed by atoms with van der Waals surface area (Å²) in [5.41, 5.74) is -0.663. The number of thiophene rings is 1. The number of carbonyl (C=O) groups is 1. The Balaban J connectivity index is 2.59. The first-order valence-corrected chi connectivity index (χ1v) is 7.19. The summed E-state index contributed by atoms with van der Waals surface area (Å²) in [4.78, 5) is 14.5. The van der Waals surface area contributed by atoms with Crippen molar-refractivity contribution in [3.63, 3.8) is 0 Å². The molecule has 1 aromatic heterocycles. The second-order valence-electron chi connectivity index (χ2n) is 4.62. The van der Waals surface area contributed by atoms with Crippen LogP contribution in [-0.4, -0.2) is 29.6 Å². The van der Waals surface area contributed by atoms with Crippen LogP contribution < -0.4 is 0 Å². The molecule has 0 saturated carbocycles. The van der Waals surface area contributed by atoms with Crippen LogP contribution in [-0.2, 0) is 11.3 Å². The van der Waals surface area contributed by atoms with Crippen molar-refractivity contribution in [2.75, 3.05) is 13.6 Å². The number of carboxylic acids is 1. The minimum Gasteiger partial charge on any atom is -0.481 e. The van der Waals surface area contributed by atoms with Crippen LogP contribution >= 0.6 is 27.3 Å². The number of hydrogen-bond acceptors (Lipinski definition) is 3. The Labute approximate surface area is 115 Å². The van der Waals surface area contributed by atoms with Gasteiger partial charge in [0, 0.05) is 27.8 Å². The fraction of sp³-hybridized carbons (Fsp3) is 0.583. The van der Waals surface area contributed by atoms with Gasteiger partial charge in [0.15, 0.2) is 0 Å². The summed E-state index contributed by atoms with van der Waals surface area (Å²) in [5, 5.41) is 11.3. The number of aliphatic carboxylic acids is 1. The molecule has 0 aliphatic rings. The first kappa shape index (κ1) is 14.7. The van der Waals surface area contributed by atoms with Crippen LogP contribution in [0.5, 0.6) is 0 Å². The van der Waals surface area contributed by atoms with Gasteiger partial charge in [-0.1, -0.05) is 6.92 Å². The highest BCUT2D eigenvalue weighted by atomic mass is 79.9. The Kier molecular flexibility index (Phi) is 5.16. The molecule has 0 aromatic carbocycles. The number of nitrogens with zero attached hydrogens (tertiary/aromatic N) is 1. The lowest BCUT2D eigenvalue weighted by Crippen LogP contribution is -2.38. The van der Waals surface area contributed by atoms with Gasteiger partial charge in [-0.25, -0.2) is 0 Å². The molecule has 0 aliphatic carbocycles. The van der Waals surface area contributed by atoms with Crippen molar-refractivity contribution in [2.45, 2.75) is 26.8 Å². The third kappa shape index (κ3) is 4.08. The zero-order valence-electron chi connectivity index (χ0n) is 10.4. The van der Waals surface area contributed by atoms with Gasteiger partial charge in [-0.2, -0.15) is 0 Å². The first-order valence-electron chi connectivity index (χ1n) is 5.52. The second kappa shape index (κ2) is 5.98. The standard InChI is InChI=1S/C12H18BrNO2S/c1-4-12(2,11(15)16)8-14(3)6-10-5-9(13)7-17-10/h5,7H,4,6,8H2,1-3H3,(H,15,16). The summed E-state index contributed by atoms with van der Waals surface area (Å²) in [5.74, 6) is -0.723. The van der Waals surface area contributed by atoms with Gasteiger partial charge in [0.1, 0.15) is 0 Å². The normalized spacial score (nSPS) is 14.9. The third-order valence-electron chi connectivity index (χ3n) is 2.96. The Morgan fingerprint density at radius 2 is 2.29 bits per heavy atom. The molecule has 1 unspecified atom stereocenters. The van der Waals surface area contributed by atoms with Crippen molar-refractivity contribution < 1.29 is 9.90 Å². The quantitative estimate of drug-likeness (QED) is 0.873. The summed E-state index contributed by atoms with van der Waals surface area (Å²) in [6.07, 6.45) is 0.640. The van der Waals surface area contributed by atoms with Crippen LogP contribution in [0.4, 0.5) is 0 Å². The van der Waals surface area contributed by atoms with Gasteiger partial charge < -0.3 is 10.0 Å². The van der Waals surface area contributed by atoms with Gasteiger partial charge in [0.05, 0.1) is 5.41 Å². The van der Waals surface area contributed by atoms with Crippen LogP contribution in [0.1, 0.15) is 25.1 Å². The summed E-state index contributed by atoms with van der Waals surface area (Å²) < 4.78 is 1.09. The number of hydrogen-bond donors (Lipinski definition) is 1. The molecular weight excluding hydrogens is 302 g/mol. The van der Waals surface area contributed by atoms with E-state index in [1.165, 1.54) is 4.88 Å². The minimum atomic E-state index is -0.723. The van der Waals surface area contributed by atoms with Gasteiger partial charge in [0.2, 0.25) is 0 Å². The molecule has 0 fully saturated rings. The van der Waals surface area contributed by atoms with Crippen molar-refractivity contribution in [2.24, 2.45) is 5.41 Å². The smallest absolute Gasteiger partial charge is 0.310 e. The Morgan fingerprint density at radius 1 is 1.65 bits per heavy atom. The molecule has 1 heterocycles. The highest BCUT2D eigenvalue weighted by molar-refractivity contribution is 9.10. The maximum Gasteiger partial charge on any atom is 0.310 e. The van der Waals surface area contributed by atoms with Crippen molar-refractivity contribution in [1.29, 1.82) is 0 Å². The van der Waals surface area contributed by atoms with Crippen LogP contribution in [0, 0.1) is 5.41 Å². The molecule has 1 N–H and O–H groups in total. The highest BCUT2D eigenvalue weighted by Crippen LogP contribution is 2.25. The van der Waals surface area contributed by atoms with Crippen molar-refractivity contribution in [3.05, 3.63) is 20.8 Å². The van der Waals surface area contributed by atoms with E-state index in [0.29, 0.717) is 13.0 Å². The average Bonchev–Trinajstić information content (AvgIpc) is 2.63. The third-order valence-corrected chi connectivity index (χ3v) is 4.65. The van der Waals surface area contributed by atoms with E-state index in [9.17, 15) is 9.90 Å². The van der Waals surface area contributed by atoms with E-state index < -0.39 is 11.4 Å². The fourth-order valence-electron chi connectivity index (χ4n) is 1.69. The summed E-state index contributed by atoms with van der Waals surface area (Å²) in [6, 6.07) is 2.07. The molecule has 0 saturated heterocycles. The second-order valence-corrected chi connectivity index (χ2v) is 6.53. The van der Waals surface area contributed by atoms with Crippen LogP contribution in [0.15, 0.2) is 15.9 Å². The molecule has 0 amide bonds. The van der Waals surface area contributed by atoms with E-state index in [-0.39, 0.29) is 0 Å². The van der Waals surface area contributed by atoms with E-state index >= 15 is 0 Å². The maximum absolute atomic E-state index is 11.2. The lowest BCUT2D eigenvalue weighted by atomic mass is 9.87. The number of halogens is 1. The summed E-state index contributed by atoms with van der Waals surface area (Å²) in [6.45, 7) is 5.08. The topological polar surface area (TPSA) is 40.5 Å². The number of carboxylic acid groups (broad SMARTS) is 1. The van der Waals surface area contributed by atoms with Crippen LogP contribution in [0.2, 0.25) is 0 Å². The summed E-state index contributed by atoms with van der Waals surface area (Å²) >= 11 is 5.10. The van der Waals surface area contributed by atoms with Crippen molar-refractivity contribution in [1.82, 2.24) is 4.90 Å². The largest absolute Gasteiger partial charge is 0.481 e. The molecule has 1 aromatic rings. The average molecular weight is 320 g/mol. The maximum atomic E-state index is 11.2. The molecule has 0 spiro atoms. The molecule has 1 rings (SSSR count). The van der Waals surface area contributed by atoms with E-state index in [4.69, 9.17) is 0 Å². The molecule has 0 radical (unpaired) electrons. The minimum absolute atomic E-state index is 0.564. The highest BCUT2D eigenvalue weighted by Gasteiger charge is 2.32. The summed E-state index contributed by atoms with van der Waals surface area (Å²) in [7, 11) is 1.96. The Hall–Kier alpha value is -0.390. The van der Waals surface area contributed by atoms with E-state index in [1.54, 1.807) is 18.3 Å². The zero-order valence-corrected chi connectivity index (χ0v) is 12.8. The number of rotatable bonds is 6. The van der Waals surface area contributed by atoms with E-state index in [1.807, 2.05) is 19.4 Å². The Bertz CT molecular complexity index is 394. The molecular formula is C12H18BrNO2S. The van der Waals surface area contributed by atoms with Gasteiger partial charge in [-0.15, -0.1) is 11.3 Å². The van der Waals surface area contributed by atoms with Gasteiger partial charge >= 0.3 is 5.97 Å². The van der Waals surface area contributed by atoms with Gasteiger partial charge in [-0.3, -0.25) is 4.79 Å². The van der Waals surface area contributed by atoms with Crippen molar-refractivity contribution in [3.8, 4) is 0 Å². The van der Waals surface area contributed by atoms with Gasteiger partial charge in [-0.05, 0) is 42.4 Å². The molecule has 17 heavy (non-hydrogen) atoms. The SMILES string of the molecule is CCC(C)(CN(C)Cc1cc(Br)cs1)C(=O)O. The van der Waals surface area contributed by atoms with Gasteiger partial charge in [0.25, 0.3) is 0 Å². The monoisotopic (exact) mass is 319 g/mol. The van der Waals surface area contributed by atoms with Crippen molar-refractivity contribution >= 4 is 33.2 Å². The predicted octanol–water partition coefficient (Wildman–Crippen LogP) is 3.44. The fourth-order valence-corrected chi connectivity index (χ4v) is 3.22.